The van der Waals surface area contributed by atoms with E-state index in [2.05, 4.69) is 33.8 Å². The van der Waals surface area contributed by atoms with E-state index in [-0.39, 0.29) is 24.4 Å². The van der Waals surface area contributed by atoms with Gasteiger partial charge in [0, 0.05) is 13.6 Å². The summed E-state index contributed by atoms with van der Waals surface area (Å²) in [7, 11) is 1.56. The number of hydrogen-bond acceptors (Lipinski definition) is 4. The Labute approximate surface area is 166 Å². The van der Waals surface area contributed by atoms with E-state index in [9.17, 15) is 4.79 Å². The van der Waals surface area contributed by atoms with Gasteiger partial charge in [-0.3, -0.25) is 0 Å². The van der Waals surface area contributed by atoms with Gasteiger partial charge in [-0.25, -0.2) is 4.79 Å². The minimum atomic E-state index is -0.432. The molecule has 5 nitrogen and oxygen atoms in total. The molecule has 0 aromatic heterocycles. The maximum absolute atomic E-state index is 11.9. The van der Waals surface area contributed by atoms with E-state index in [1.54, 1.807) is 11.9 Å². The maximum Gasteiger partial charge on any atom is 0.486 e. The molecule has 1 aliphatic rings. The van der Waals surface area contributed by atoms with E-state index in [0.717, 1.165) is 32.2 Å². The standard InChI is InChI=1S/C21H40BNO4/c1-19(2,3)25-18(24)23(8)17-15-13-11-9-10-12-14-16-22-26-20(4,5)21(6,7)27-22/h14,16H,9-13,15,17H2,1-8H3/b16-14+. The number of allylic oxidation sites excluding steroid dienone is 1. The van der Waals surface area contributed by atoms with Crippen LogP contribution in [0.3, 0.4) is 0 Å². The Kier molecular flexibility index (Phi) is 8.87. The Morgan fingerprint density at radius 1 is 1.00 bits per heavy atom. The highest BCUT2D eigenvalue weighted by Crippen LogP contribution is 2.36. The second-order valence-electron chi connectivity index (χ2n) is 9.51. The van der Waals surface area contributed by atoms with E-state index in [4.69, 9.17) is 14.0 Å². The predicted octanol–water partition coefficient (Wildman–Crippen LogP) is 5.38. The fraction of sp³-hybridized carbons (Fsp3) is 0.857. The van der Waals surface area contributed by atoms with Gasteiger partial charge in [-0.2, -0.15) is 0 Å². The van der Waals surface area contributed by atoms with Crippen molar-refractivity contribution in [1.29, 1.82) is 0 Å². The van der Waals surface area contributed by atoms with Gasteiger partial charge in [0.2, 0.25) is 0 Å². The van der Waals surface area contributed by atoms with Gasteiger partial charge in [0.15, 0.2) is 0 Å². The van der Waals surface area contributed by atoms with Crippen molar-refractivity contribution in [1.82, 2.24) is 4.90 Å². The van der Waals surface area contributed by atoms with Crippen molar-refractivity contribution in [3.8, 4) is 0 Å². The Hall–Kier alpha value is -1.01. The highest BCUT2D eigenvalue weighted by molar-refractivity contribution is 6.51. The minimum Gasteiger partial charge on any atom is -0.444 e. The molecule has 1 heterocycles. The smallest absolute Gasteiger partial charge is 0.444 e. The monoisotopic (exact) mass is 381 g/mol. The van der Waals surface area contributed by atoms with Crippen molar-refractivity contribution in [2.75, 3.05) is 13.6 Å². The number of nitrogens with zero attached hydrogens (tertiary/aromatic N) is 1. The van der Waals surface area contributed by atoms with Crippen LogP contribution in [0.1, 0.15) is 87.0 Å². The lowest BCUT2D eigenvalue weighted by Gasteiger charge is -2.32. The first-order valence-corrected chi connectivity index (χ1v) is 10.3. The van der Waals surface area contributed by atoms with Gasteiger partial charge in [0.25, 0.3) is 0 Å². The summed E-state index contributed by atoms with van der Waals surface area (Å²) in [5.41, 5.74) is -0.970. The fourth-order valence-corrected chi connectivity index (χ4v) is 2.75. The van der Waals surface area contributed by atoms with Gasteiger partial charge >= 0.3 is 13.2 Å². The van der Waals surface area contributed by atoms with Crippen LogP contribution in [-0.2, 0) is 14.0 Å². The average molecular weight is 381 g/mol. The highest BCUT2D eigenvalue weighted by Gasteiger charge is 2.49. The lowest BCUT2D eigenvalue weighted by atomic mass is 9.89. The molecule has 1 aliphatic heterocycles. The van der Waals surface area contributed by atoms with Crippen molar-refractivity contribution in [2.24, 2.45) is 0 Å². The molecule has 27 heavy (non-hydrogen) atoms. The molecule has 0 unspecified atom stereocenters. The first-order chi connectivity index (χ1) is 12.3. The molecular formula is C21H40BNO4. The number of ether oxygens (including phenoxy) is 1. The van der Waals surface area contributed by atoms with Gasteiger partial charge < -0.3 is 18.9 Å². The van der Waals surface area contributed by atoms with Crippen LogP contribution >= 0.6 is 0 Å². The van der Waals surface area contributed by atoms with E-state index < -0.39 is 5.60 Å². The molecule has 0 aromatic carbocycles. The summed E-state index contributed by atoms with van der Waals surface area (Å²) in [4.78, 5) is 13.5. The van der Waals surface area contributed by atoms with Crippen molar-refractivity contribution in [3.05, 3.63) is 12.1 Å². The van der Waals surface area contributed by atoms with Crippen molar-refractivity contribution < 1.29 is 18.8 Å². The van der Waals surface area contributed by atoms with E-state index in [1.807, 2.05) is 26.7 Å². The Bertz CT molecular complexity index is 481. The average Bonchev–Trinajstić information content (AvgIpc) is 2.71. The molecule has 0 aliphatic carbocycles. The zero-order valence-electron chi connectivity index (χ0n) is 18.8. The largest absolute Gasteiger partial charge is 0.486 e. The maximum atomic E-state index is 11.9. The van der Waals surface area contributed by atoms with Crippen LogP contribution < -0.4 is 0 Å². The van der Waals surface area contributed by atoms with Gasteiger partial charge in [-0.05, 0) is 67.7 Å². The summed E-state index contributed by atoms with van der Waals surface area (Å²) in [6.45, 7) is 14.7. The van der Waals surface area contributed by atoms with Crippen molar-refractivity contribution in [3.63, 3.8) is 0 Å². The Morgan fingerprint density at radius 2 is 1.52 bits per heavy atom. The molecular weight excluding hydrogens is 341 g/mol. The molecule has 0 radical (unpaired) electrons. The molecule has 0 N–H and O–H groups in total. The minimum absolute atomic E-state index is 0.238. The van der Waals surface area contributed by atoms with Gasteiger partial charge in [0.1, 0.15) is 5.60 Å². The second-order valence-corrected chi connectivity index (χ2v) is 9.51. The van der Waals surface area contributed by atoms with Crippen LogP contribution in [0.4, 0.5) is 4.79 Å². The molecule has 1 fully saturated rings. The third-order valence-electron chi connectivity index (χ3n) is 5.13. The zero-order chi connectivity index (χ0) is 20.7. The summed E-state index contributed by atoms with van der Waals surface area (Å²) < 4.78 is 17.2. The second kappa shape index (κ2) is 9.97. The van der Waals surface area contributed by atoms with Crippen LogP contribution in [-0.4, -0.2) is 48.5 Å². The first kappa shape index (κ1) is 24.0. The number of hydrogen-bond donors (Lipinski definition) is 0. The lowest BCUT2D eigenvalue weighted by Crippen LogP contribution is -2.41. The summed E-state index contributed by atoms with van der Waals surface area (Å²) >= 11 is 0. The number of amides is 1. The molecule has 156 valence electrons. The van der Waals surface area contributed by atoms with E-state index in [0.29, 0.717) is 0 Å². The van der Waals surface area contributed by atoms with E-state index in [1.165, 1.54) is 12.8 Å². The lowest BCUT2D eigenvalue weighted by molar-refractivity contribution is 0.00578. The van der Waals surface area contributed by atoms with Crippen LogP contribution in [0.2, 0.25) is 0 Å². The van der Waals surface area contributed by atoms with Crippen LogP contribution in [0.15, 0.2) is 12.1 Å². The molecule has 0 aromatic rings. The number of unbranched alkanes of at least 4 members (excludes halogenated alkanes) is 5. The number of carbonyl (C=O) groups excluding carboxylic acids is 1. The molecule has 1 rings (SSSR count). The molecule has 1 saturated heterocycles. The summed E-state index contributed by atoms with van der Waals surface area (Å²) in [5, 5.41) is 0. The summed E-state index contributed by atoms with van der Waals surface area (Å²) in [6, 6.07) is 0. The molecule has 0 bridgehead atoms. The molecule has 1 amide bonds. The fourth-order valence-electron chi connectivity index (χ4n) is 2.75. The van der Waals surface area contributed by atoms with Crippen molar-refractivity contribution >= 4 is 13.2 Å². The van der Waals surface area contributed by atoms with E-state index >= 15 is 0 Å². The SMILES string of the molecule is CN(CCCCCCC/C=C/B1OC(C)(C)C(C)(C)O1)C(=O)OC(C)(C)C. The normalized spacial score (nSPS) is 18.9. The van der Waals surface area contributed by atoms with Crippen LogP contribution in [0, 0.1) is 0 Å². The Balaban J connectivity index is 2.06. The third-order valence-corrected chi connectivity index (χ3v) is 5.13. The molecule has 0 spiro atoms. The van der Waals surface area contributed by atoms with Gasteiger partial charge in [0.05, 0.1) is 11.2 Å². The summed E-state index contributed by atoms with van der Waals surface area (Å²) in [6.07, 6.45) is 8.66. The zero-order valence-corrected chi connectivity index (χ0v) is 18.8. The summed E-state index contributed by atoms with van der Waals surface area (Å²) in [5.74, 6) is 2.03. The number of carbonyl (C=O) groups is 1. The molecule has 6 heteroatoms. The predicted molar refractivity (Wildman–Crippen MR) is 112 cm³/mol. The third kappa shape index (κ3) is 8.69. The van der Waals surface area contributed by atoms with Gasteiger partial charge in [-0.1, -0.05) is 31.3 Å². The number of rotatable bonds is 9. The first-order valence-electron chi connectivity index (χ1n) is 10.3. The molecule has 0 atom stereocenters. The highest BCUT2D eigenvalue weighted by atomic mass is 16.7. The molecule has 0 saturated carbocycles. The van der Waals surface area contributed by atoms with Gasteiger partial charge in [-0.15, -0.1) is 0 Å². The Morgan fingerprint density at radius 3 is 2.07 bits per heavy atom. The van der Waals surface area contributed by atoms with Crippen LogP contribution in [0.5, 0.6) is 0 Å². The van der Waals surface area contributed by atoms with Crippen molar-refractivity contribution in [2.45, 2.75) is 104 Å². The van der Waals surface area contributed by atoms with Crippen LogP contribution in [0.25, 0.3) is 0 Å². The topological polar surface area (TPSA) is 48.0 Å². The quantitative estimate of drug-likeness (QED) is 0.397.